The molecule has 0 fully saturated rings. The van der Waals surface area contributed by atoms with Gasteiger partial charge in [-0.25, -0.2) is 14.5 Å². The first-order valence-corrected chi connectivity index (χ1v) is 13.7. The van der Waals surface area contributed by atoms with Crippen molar-refractivity contribution in [3.05, 3.63) is 89.8 Å². The van der Waals surface area contributed by atoms with Crippen molar-refractivity contribution in [2.75, 3.05) is 10.6 Å². The molecule has 0 saturated carbocycles. The average molecular weight is 576 g/mol. The van der Waals surface area contributed by atoms with Gasteiger partial charge in [0.25, 0.3) is 5.91 Å². The van der Waals surface area contributed by atoms with Gasteiger partial charge in [-0.05, 0) is 35.9 Å². The summed E-state index contributed by atoms with van der Waals surface area (Å²) in [6.45, 7) is 6.10. The highest BCUT2D eigenvalue weighted by atomic mass is 16.5. The summed E-state index contributed by atoms with van der Waals surface area (Å²) in [5.74, 6) is 1.35. The van der Waals surface area contributed by atoms with Gasteiger partial charge in [0, 0.05) is 28.5 Å². The van der Waals surface area contributed by atoms with E-state index in [1.165, 1.54) is 6.21 Å². The zero-order valence-corrected chi connectivity index (χ0v) is 23.8. The topological polar surface area (TPSA) is 143 Å². The summed E-state index contributed by atoms with van der Waals surface area (Å²) < 4.78 is 7.93. The minimum Gasteiger partial charge on any atom is -0.458 e. The Kier molecular flexibility index (Phi) is 7.16. The van der Waals surface area contributed by atoms with Crippen LogP contribution in [0.4, 0.5) is 16.3 Å². The molecule has 0 spiro atoms. The molecule has 2 aliphatic heterocycles. The lowest BCUT2D eigenvalue weighted by molar-refractivity contribution is -0.111. The van der Waals surface area contributed by atoms with Gasteiger partial charge >= 0.3 is 6.03 Å². The van der Waals surface area contributed by atoms with Crippen molar-refractivity contribution in [3.63, 3.8) is 0 Å². The van der Waals surface area contributed by atoms with Gasteiger partial charge in [-0.15, -0.1) is 0 Å². The Morgan fingerprint density at radius 3 is 2.53 bits per heavy atom. The minimum atomic E-state index is -0.604. The molecule has 1 unspecified atom stereocenters. The average Bonchev–Trinajstić information content (AvgIpc) is 3.42. The molecule has 0 saturated heterocycles. The quantitative estimate of drug-likeness (QED) is 0.290. The van der Waals surface area contributed by atoms with Crippen LogP contribution in [0.2, 0.25) is 0 Å². The van der Waals surface area contributed by atoms with Gasteiger partial charge in [-0.1, -0.05) is 57.2 Å². The summed E-state index contributed by atoms with van der Waals surface area (Å²) in [6.07, 6.45) is 4.38. The highest BCUT2D eigenvalue weighted by molar-refractivity contribution is 6.32. The number of hydrogen-bond donors (Lipinski definition) is 3. The number of allylic oxidation sites excluding steroid dienone is 1. The highest BCUT2D eigenvalue weighted by Gasteiger charge is 2.28. The van der Waals surface area contributed by atoms with Crippen molar-refractivity contribution in [1.82, 2.24) is 9.78 Å². The van der Waals surface area contributed by atoms with E-state index in [0.717, 1.165) is 33.9 Å². The van der Waals surface area contributed by atoms with E-state index in [9.17, 15) is 14.7 Å². The zero-order valence-electron chi connectivity index (χ0n) is 23.8. The second-order valence-electron chi connectivity index (χ2n) is 11.1. The number of carbonyl (C=O) groups is 2. The predicted octanol–water partition coefficient (Wildman–Crippen LogP) is 5.18. The van der Waals surface area contributed by atoms with E-state index < -0.39 is 18.0 Å². The molecule has 43 heavy (non-hydrogen) atoms. The van der Waals surface area contributed by atoms with Gasteiger partial charge in [0.1, 0.15) is 17.3 Å². The number of aliphatic hydroxyl groups is 1. The van der Waals surface area contributed by atoms with Crippen LogP contribution in [0.1, 0.15) is 32.0 Å². The molecule has 0 radical (unpaired) electrons. The van der Waals surface area contributed by atoms with Gasteiger partial charge in [0.15, 0.2) is 11.9 Å². The highest BCUT2D eigenvalue weighted by Crippen LogP contribution is 2.34. The summed E-state index contributed by atoms with van der Waals surface area (Å²) in [5.41, 5.74) is 2.67. The van der Waals surface area contributed by atoms with Crippen LogP contribution in [0.25, 0.3) is 16.5 Å². The number of ether oxygens (including phenoxy) is 1. The van der Waals surface area contributed by atoms with Gasteiger partial charge in [-0.2, -0.15) is 10.1 Å². The molecule has 3 heterocycles. The smallest absolute Gasteiger partial charge is 0.324 e. The molecule has 216 valence electrons. The number of anilines is 2. The second-order valence-corrected chi connectivity index (χ2v) is 11.1. The first kappa shape index (κ1) is 27.7. The van der Waals surface area contributed by atoms with E-state index in [4.69, 9.17) is 9.84 Å². The number of nitrogens with zero attached hydrogens (tertiary/aromatic N) is 5. The summed E-state index contributed by atoms with van der Waals surface area (Å²) in [4.78, 5) is 37.3. The standard InChI is InChI=1S/C32H29N7O4/c1-32(2,3)26-16-27(39(38-26)20-10-8-19(18-40)9-11-20)36-31(42)35-23-12-13-24(22-7-5-4-6-21(22)23)43-25-14-15-33-30-29(25)34-17-28(41)37-30/h4-17,29,40H,18H2,1-3H3,(H2,35,36,42). The Morgan fingerprint density at radius 1 is 1.02 bits per heavy atom. The van der Waals surface area contributed by atoms with Crippen LogP contribution in [0.5, 0.6) is 5.75 Å². The van der Waals surface area contributed by atoms with E-state index in [1.807, 2.05) is 54.6 Å². The number of aliphatic imine (C=N–C) groups is 3. The molecular weight excluding hydrogens is 546 g/mol. The van der Waals surface area contributed by atoms with Crippen molar-refractivity contribution in [2.45, 2.75) is 38.8 Å². The third kappa shape index (κ3) is 5.70. The predicted molar refractivity (Wildman–Crippen MR) is 167 cm³/mol. The first-order chi connectivity index (χ1) is 20.7. The van der Waals surface area contributed by atoms with Crippen LogP contribution >= 0.6 is 0 Å². The van der Waals surface area contributed by atoms with Gasteiger partial charge in [-0.3, -0.25) is 15.1 Å². The number of amidine groups is 1. The van der Waals surface area contributed by atoms with Crippen LogP contribution in [-0.4, -0.2) is 51.1 Å². The number of urea groups is 1. The van der Waals surface area contributed by atoms with Crippen molar-refractivity contribution in [1.29, 1.82) is 0 Å². The lowest BCUT2D eigenvalue weighted by Gasteiger charge is -2.21. The minimum absolute atomic E-state index is 0.0609. The number of amides is 3. The van der Waals surface area contributed by atoms with Gasteiger partial charge in [0.05, 0.1) is 29.9 Å². The van der Waals surface area contributed by atoms with E-state index in [1.54, 1.807) is 22.9 Å². The largest absolute Gasteiger partial charge is 0.458 e. The number of dihydropyridines is 1. The van der Waals surface area contributed by atoms with E-state index in [-0.39, 0.29) is 17.9 Å². The monoisotopic (exact) mass is 575 g/mol. The Bertz CT molecular complexity index is 1860. The van der Waals surface area contributed by atoms with E-state index in [0.29, 0.717) is 23.0 Å². The summed E-state index contributed by atoms with van der Waals surface area (Å²) in [7, 11) is 0. The fourth-order valence-electron chi connectivity index (χ4n) is 4.72. The van der Waals surface area contributed by atoms with Crippen molar-refractivity contribution in [2.24, 2.45) is 15.0 Å². The molecule has 3 aromatic carbocycles. The maximum absolute atomic E-state index is 13.3. The second kappa shape index (κ2) is 11.1. The van der Waals surface area contributed by atoms with Crippen molar-refractivity contribution >= 4 is 52.5 Å². The summed E-state index contributed by atoms with van der Waals surface area (Å²) in [5, 5.41) is 21.6. The number of nitrogens with one attached hydrogen (secondary N) is 2. The molecule has 1 aromatic heterocycles. The number of hydrogen-bond acceptors (Lipinski definition) is 7. The maximum atomic E-state index is 13.3. The maximum Gasteiger partial charge on any atom is 0.324 e. The van der Waals surface area contributed by atoms with Crippen LogP contribution in [-0.2, 0) is 16.8 Å². The lowest BCUT2D eigenvalue weighted by atomic mass is 9.92. The van der Waals surface area contributed by atoms with Crippen LogP contribution < -0.4 is 15.4 Å². The molecule has 1 atom stereocenters. The van der Waals surface area contributed by atoms with E-state index >= 15 is 0 Å². The van der Waals surface area contributed by atoms with Gasteiger partial charge < -0.3 is 15.2 Å². The molecule has 11 nitrogen and oxygen atoms in total. The number of rotatable bonds is 6. The Morgan fingerprint density at radius 2 is 1.79 bits per heavy atom. The summed E-state index contributed by atoms with van der Waals surface area (Å²) >= 11 is 0. The molecule has 3 N–H and O–H groups in total. The number of aromatic nitrogens is 2. The zero-order chi connectivity index (χ0) is 30.1. The molecule has 11 heteroatoms. The number of aliphatic hydroxyl groups excluding tert-OH is 1. The molecule has 0 aliphatic carbocycles. The third-order valence-corrected chi connectivity index (χ3v) is 6.96. The number of benzene rings is 3. The molecule has 0 bridgehead atoms. The Balaban J connectivity index is 1.26. The van der Waals surface area contributed by atoms with Gasteiger partial charge in [0.2, 0.25) is 0 Å². The lowest BCUT2D eigenvalue weighted by Crippen LogP contribution is -2.30. The summed E-state index contributed by atoms with van der Waals surface area (Å²) in [6, 6.07) is 19.2. The SMILES string of the molecule is CC(C)(C)c1cc(NC(=O)Nc2ccc(OC3=CC=NC4=NC(=O)C=NC34)c3ccccc23)n(-c2ccc(CO)cc2)n1. The fourth-order valence-corrected chi connectivity index (χ4v) is 4.72. The third-order valence-electron chi connectivity index (χ3n) is 6.96. The molecule has 4 aromatic rings. The Hall–Kier alpha value is -5.42. The van der Waals surface area contributed by atoms with Crippen LogP contribution in [0.15, 0.2) is 93.5 Å². The number of carbonyl (C=O) groups excluding carboxylic acids is 2. The Labute approximate surface area is 247 Å². The van der Waals surface area contributed by atoms with Crippen molar-refractivity contribution in [3.8, 4) is 11.4 Å². The van der Waals surface area contributed by atoms with Crippen molar-refractivity contribution < 1.29 is 19.4 Å². The van der Waals surface area contributed by atoms with Crippen LogP contribution in [0.3, 0.4) is 0 Å². The fraction of sp³-hybridized carbons (Fsp3) is 0.188. The molecule has 3 amide bonds. The molecular formula is C32H29N7O4. The van der Waals surface area contributed by atoms with E-state index in [2.05, 4.69) is 46.4 Å². The molecule has 6 rings (SSSR count). The normalized spacial score (nSPS) is 16.0. The van der Waals surface area contributed by atoms with Crippen LogP contribution in [0, 0.1) is 0 Å². The number of fused-ring (bicyclic) bond motifs is 2. The first-order valence-electron chi connectivity index (χ1n) is 13.7. The molecule has 2 aliphatic rings.